The van der Waals surface area contributed by atoms with Crippen LogP contribution in [0, 0.1) is 10.1 Å². The first-order chi connectivity index (χ1) is 8.61. The van der Waals surface area contributed by atoms with Crippen LogP contribution < -0.4 is 9.47 Å². The van der Waals surface area contributed by atoms with Gasteiger partial charge in [0.1, 0.15) is 0 Å². The molecule has 0 saturated heterocycles. The number of carbonyl (C=O) groups excluding carboxylic acids is 1. The fourth-order valence-corrected chi connectivity index (χ4v) is 1.68. The van der Waals surface area contributed by atoms with Gasteiger partial charge in [-0.3, -0.25) is 14.9 Å². The SMILES string of the molecule is COC(=O)CCc1cc2c(c([N+](=O)[O-])c1)OCO2. The number of ether oxygens (including phenoxy) is 3. The highest BCUT2D eigenvalue weighted by Crippen LogP contribution is 2.41. The zero-order valence-corrected chi connectivity index (χ0v) is 9.67. The lowest BCUT2D eigenvalue weighted by Crippen LogP contribution is -2.02. The van der Waals surface area contributed by atoms with E-state index in [1.807, 2.05) is 0 Å². The molecule has 0 bridgehead atoms. The minimum absolute atomic E-state index is 0.0311. The zero-order chi connectivity index (χ0) is 13.1. The van der Waals surface area contributed by atoms with E-state index in [1.54, 1.807) is 6.07 Å². The van der Waals surface area contributed by atoms with Crippen molar-refractivity contribution in [2.75, 3.05) is 13.9 Å². The summed E-state index contributed by atoms with van der Waals surface area (Å²) in [5, 5.41) is 10.9. The Labute approximate surface area is 102 Å². The van der Waals surface area contributed by atoms with Crippen molar-refractivity contribution < 1.29 is 23.9 Å². The lowest BCUT2D eigenvalue weighted by Gasteiger charge is -2.03. The highest BCUT2D eigenvalue weighted by molar-refractivity contribution is 5.69. The molecule has 0 N–H and O–H groups in total. The van der Waals surface area contributed by atoms with Crippen LogP contribution in [0.15, 0.2) is 12.1 Å². The van der Waals surface area contributed by atoms with Crippen molar-refractivity contribution >= 4 is 11.7 Å². The van der Waals surface area contributed by atoms with E-state index in [4.69, 9.17) is 9.47 Å². The van der Waals surface area contributed by atoms with E-state index in [9.17, 15) is 14.9 Å². The van der Waals surface area contributed by atoms with Gasteiger partial charge in [-0.1, -0.05) is 0 Å². The molecule has 0 fully saturated rings. The summed E-state index contributed by atoms with van der Waals surface area (Å²) in [5.74, 6) is 0.112. The van der Waals surface area contributed by atoms with Crippen LogP contribution in [0.2, 0.25) is 0 Å². The first-order valence-corrected chi connectivity index (χ1v) is 5.25. The Morgan fingerprint density at radius 2 is 2.28 bits per heavy atom. The number of nitro benzene ring substituents is 1. The topological polar surface area (TPSA) is 87.9 Å². The Kier molecular flexibility index (Phi) is 3.31. The highest BCUT2D eigenvalue weighted by atomic mass is 16.7. The van der Waals surface area contributed by atoms with E-state index in [0.717, 1.165) is 0 Å². The highest BCUT2D eigenvalue weighted by Gasteiger charge is 2.26. The van der Waals surface area contributed by atoms with Crippen LogP contribution in [0.1, 0.15) is 12.0 Å². The quantitative estimate of drug-likeness (QED) is 0.458. The maximum absolute atomic E-state index is 11.0. The number of aryl methyl sites for hydroxylation is 1. The number of fused-ring (bicyclic) bond motifs is 1. The molecule has 0 saturated carbocycles. The molecule has 0 aromatic heterocycles. The predicted molar refractivity (Wildman–Crippen MR) is 59.6 cm³/mol. The zero-order valence-electron chi connectivity index (χ0n) is 9.67. The van der Waals surface area contributed by atoms with Gasteiger partial charge in [-0.2, -0.15) is 0 Å². The number of nitro groups is 1. The number of hydrogen-bond acceptors (Lipinski definition) is 6. The molecule has 0 atom stereocenters. The molecule has 7 heteroatoms. The van der Waals surface area contributed by atoms with Crippen LogP contribution in [0.5, 0.6) is 11.5 Å². The summed E-state index contributed by atoms with van der Waals surface area (Å²) in [4.78, 5) is 21.4. The van der Waals surface area contributed by atoms with Crippen LogP contribution >= 0.6 is 0 Å². The molecule has 18 heavy (non-hydrogen) atoms. The molecule has 0 unspecified atom stereocenters. The van der Waals surface area contributed by atoms with Gasteiger partial charge in [0.25, 0.3) is 0 Å². The maximum Gasteiger partial charge on any atom is 0.315 e. The number of nitrogens with zero attached hydrogens (tertiary/aromatic N) is 1. The molecular formula is C11H11NO6. The van der Waals surface area contributed by atoms with Gasteiger partial charge < -0.3 is 14.2 Å². The molecule has 0 amide bonds. The first kappa shape index (κ1) is 12.2. The van der Waals surface area contributed by atoms with Gasteiger partial charge in [-0.15, -0.1) is 0 Å². The average Bonchev–Trinajstić information content (AvgIpc) is 2.82. The summed E-state index contributed by atoms with van der Waals surface area (Å²) < 4.78 is 14.7. The van der Waals surface area contributed by atoms with Gasteiger partial charge in [0.2, 0.25) is 12.5 Å². The van der Waals surface area contributed by atoms with Gasteiger partial charge in [-0.25, -0.2) is 0 Å². The maximum atomic E-state index is 11.0. The Bertz CT molecular complexity index is 499. The molecule has 1 aromatic rings. The summed E-state index contributed by atoms with van der Waals surface area (Å²) in [5.41, 5.74) is 0.487. The molecule has 0 spiro atoms. The Morgan fingerprint density at radius 3 is 2.94 bits per heavy atom. The van der Waals surface area contributed by atoms with E-state index in [0.29, 0.717) is 17.7 Å². The average molecular weight is 253 g/mol. The van der Waals surface area contributed by atoms with E-state index in [2.05, 4.69) is 4.74 Å². The summed E-state index contributed by atoms with van der Waals surface area (Å²) in [6.07, 6.45) is 0.511. The smallest absolute Gasteiger partial charge is 0.315 e. The number of carbonyl (C=O) groups is 1. The summed E-state index contributed by atoms with van der Waals surface area (Å²) >= 11 is 0. The number of rotatable bonds is 4. The van der Waals surface area contributed by atoms with Gasteiger partial charge in [0.15, 0.2) is 5.75 Å². The van der Waals surface area contributed by atoms with Crippen molar-refractivity contribution in [3.8, 4) is 11.5 Å². The molecule has 1 aromatic carbocycles. The molecule has 0 aliphatic carbocycles. The van der Waals surface area contributed by atoms with Crippen LogP contribution in [-0.2, 0) is 16.0 Å². The Balaban J connectivity index is 2.24. The number of benzene rings is 1. The third kappa shape index (κ3) is 2.34. The van der Waals surface area contributed by atoms with E-state index in [-0.39, 0.29) is 30.6 Å². The van der Waals surface area contributed by atoms with Crippen molar-refractivity contribution in [3.63, 3.8) is 0 Å². The lowest BCUT2D eigenvalue weighted by molar-refractivity contribution is -0.385. The van der Waals surface area contributed by atoms with Crippen LogP contribution in [0.25, 0.3) is 0 Å². The van der Waals surface area contributed by atoms with Gasteiger partial charge in [0.05, 0.1) is 12.0 Å². The monoisotopic (exact) mass is 253 g/mol. The van der Waals surface area contributed by atoms with E-state index < -0.39 is 4.92 Å². The second kappa shape index (κ2) is 4.91. The molecule has 1 heterocycles. The van der Waals surface area contributed by atoms with Crippen molar-refractivity contribution in [1.29, 1.82) is 0 Å². The van der Waals surface area contributed by atoms with Crippen molar-refractivity contribution in [1.82, 2.24) is 0 Å². The molecule has 96 valence electrons. The standard InChI is InChI=1S/C11H11NO6/c1-16-10(13)3-2-7-4-8(12(14)15)11-9(5-7)17-6-18-11/h4-5H,2-3,6H2,1H3. The molecule has 1 aliphatic heterocycles. The molecule has 0 radical (unpaired) electrons. The van der Waals surface area contributed by atoms with Gasteiger partial charge in [0, 0.05) is 12.5 Å². The van der Waals surface area contributed by atoms with Crippen LogP contribution in [0.3, 0.4) is 0 Å². The molecule has 7 nitrogen and oxygen atoms in total. The molecule has 1 aliphatic rings. The number of methoxy groups -OCH3 is 1. The second-order valence-electron chi connectivity index (χ2n) is 3.68. The molecule has 2 rings (SSSR count). The Hall–Kier alpha value is -2.31. The first-order valence-electron chi connectivity index (χ1n) is 5.25. The summed E-state index contributed by atoms with van der Waals surface area (Å²) in [6, 6.07) is 3.02. The summed E-state index contributed by atoms with van der Waals surface area (Å²) in [7, 11) is 1.30. The normalized spacial score (nSPS) is 12.3. The fraction of sp³-hybridized carbons (Fsp3) is 0.364. The van der Waals surface area contributed by atoms with Crippen molar-refractivity contribution in [2.45, 2.75) is 12.8 Å². The largest absolute Gasteiger partial charge is 0.469 e. The number of esters is 1. The fourth-order valence-electron chi connectivity index (χ4n) is 1.68. The Morgan fingerprint density at radius 1 is 1.50 bits per heavy atom. The van der Waals surface area contributed by atoms with Crippen molar-refractivity contribution in [2.24, 2.45) is 0 Å². The second-order valence-corrected chi connectivity index (χ2v) is 3.68. The number of hydrogen-bond donors (Lipinski definition) is 0. The third-order valence-electron chi connectivity index (χ3n) is 2.55. The van der Waals surface area contributed by atoms with Gasteiger partial charge in [-0.05, 0) is 18.1 Å². The minimum Gasteiger partial charge on any atom is -0.469 e. The summed E-state index contributed by atoms with van der Waals surface area (Å²) in [6.45, 7) is -0.0311. The van der Waals surface area contributed by atoms with Crippen LogP contribution in [0.4, 0.5) is 5.69 Å². The van der Waals surface area contributed by atoms with Crippen molar-refractivity contribution in [3.05, 3.63) is 27.8 Å². The van der Waals surface area contributed by atoms with Gasteiger partial charge >= 0.3 is 11.7 Å². The molecular weight excluding hydrogens is 242 g/mol. The van der Waals surface area contributed by atoms with E-state index in [1.165, 1.54) is 13.2 Å². The third-order valence-corrected chi connectivity index (χ3v) is 2.55. The predicted octanol–water partition coefficient (Wildman–Crippen LogP) is 1.43. The lowest BCUT2D eigenvalue weighted by atomic mass is 10.1. The van der Waals surface area contributed by atoms with E-state index >= 15 is 0 Å². The van der Waals surface area contributed by atoms with Crippen LogP contribution in [-0.4, -0.2) is 24.8 Å². The minimum atomic E-state index is -0.533.